The average molecular weight is 250 g/mol. The Morgan fingerprint density at radius 3 is 3.06 bits per heavy atom. The van der Waals surface area contributed by atoms with E-state index in [-0.39, 0.29) is 0 Å². The van der Waals surface area contributed by atoms with Crippen molar-refractivity contribution < 1.29 is 0 Å². The Balaban J connectivity index is 1.85. The molecule has 0 aromatic carbocycles. The second kappa shape index (κ2) is 6.39. The zero-order valence-electron chi connectivity index (χ0n) is 10.1. The summed E-state index contributed by atoms with van der Waals surface area (Å²) in [7, 11) is 0. The standard InChI is InChI=1S/C12H18N4S/c1-2-3-5-14-12-15-6-9-16(12)8-4-11-13-7-10-17-11/h6-7,9-10H,2-5,8H2,1H3,(H,14,15). The highest BCUT2D eigenvalue weighted by atomic mass is 32.1. The van der Waals surface area contributed by atoms with Gasteiger partial charge in [-0.05, 0) is 6.42 Å². The fourth-order valence-electron chi connectivity index (χ4n) is 1.63. The Morgan fingerprint density at radius 1 is 1.35 bits per heavy atom. The topological polar surface area (TPSA) is 42.7 Å². The molecule has 0 bridgehead atoms. The second-order valence-corrected chi connectivity index (χ2v) is 4.88. The highest BCUT2D eigenvalue weighted by molar-refractivity contribution is 7.09. The number of rotatable bonds is 7. The van der Waals surface area contributed by atoms with Gasteiger partial charge in [0.1, 0.15) is 0 Å². The fourth-order valence-corrected chi connectivity index (χ4v) is 2.24. The molecule has 0 saturated heterocycles. The van der Waals surface area contributed by atoms with Crippen LogP contribution in [0.25, 0.3) is 0 Å². The fraction of sp³-hybridized carbons (Fsp3) is 0.500. The number of aromatic nitrogens is 3. The van der Waals surface area contributed by atoms with Crippen LogP contribution in [0.5, 0.6) is 0 Å². The first-order chi connectivity index (χ1) is 8.40. The van der Waals surface area contributed by atoms with Gasteiger partial charge >= 0.3 is 0 Å². The molecule has 4 nitrogen and oxygen atoms in total. The quantitative estimate of drug-likeness (QED) is 0.768. The molecule has 92 valence electrons. The van der Waals surface area contributed by atoms with Gasteiger partial charge in [0.05, 0.1) is 5.01 Å². The molecule has 2 aromatic rings. The predicted octanol–water partition coefficient (Wildman–Crippen LogP) is 2.79. The summed E-state index contributed by atoms with van der Waals surface area (Å²) in [5, 5.41) is 6.56. The number of thiazole rings is 1. The van der Waals surface area contributed by atoms with Crippen molar-refractivity contribution in [2.24, 2.45) is 0 Å². The smallest absolute Gasteiger partial charge is 0.202 e. The number of imidazole rings is 1. The SMILES string of the molecule is CCCCNc1nccn1CCc1nccs1. The number of hydrogen-bond acceptors (Lipinski definition) is 4. The largest absolute Gasteiger partial charge is 0.356 e. The Morgan fingerprint density at radius 2 is 2.29 bits per heavy atom. The zero-order chi connectivity index (χ0) is 11.9. The van der Waals surface area contributed by atoms with E-state index in [1.807, 2.05) is 24.0 Å². The lowest BCUT2D eigenvalue weighted by Gasteiger charge is -2.08. The van der Waals surface area contributed by atoms with Crippen LogP contribution in [0.15, 0.2) is 24.0 Å². The molecular formula is C12H18N4S. The van der Waals surface area contributed by atoms with Crippen LogP contribution < -0.4 is 5.32 Å². The molecular weight excluding hydrogens is 232 g/mol. The highest BCUT2D eigenvalue weighted by Gasteiger charge is 2.02. The van der Waals surface area contributed by atoms with Crippen LogP contribution in [-0.4, -0.2) is 21.1 Å². The Bertz CT molecular complexity index is 421. The van der Waals surface area contributed by atoms with Gasteiger partial charge in [0.15, 0.2) is 0 Å². The Labute approximate surface area is 106 Å². The minimum absolute atomic E-state index is 0.933. The van der Waals surface area contributed by atoms with Gasteiger partial charge in [-0.3, -0.25) is 0 Å². The van der Waals surface area contributed by atoms with Gasteiger partial charge in [0.2, 0.25) is 5.95 Å². The molecule has 2 heterocycles. The van der Waals surface area contributed by atoms with E-state index in [2.05, 4.69) is 26.8 Å². The molecule has 0 spiro atoms. The van der Waals surface area contributed by atoms with Crippen molar-refractivity contribution in [3.8, 4) is 0 Å². The molecule has 2 aromatic heterocycles. The van der Waals surface area contributed by atoms with Crippen LogP contribution in [0.1, 0.15) is 24.8 Å². The number of anilines is 1. The molecule has 0 unspecified atom stereocenters. The molecule has 0 saturated carbocycles. The number of nitrogens with one attached hydrogen (secondary N) is 1. The van der Waals surface area contributed by atoms with Crippen LogP contribution in [0.4, 0.5) is 5.95 Å². The van der Waals surface area contributed by atoms with Crippen molar-refractivity contribution in [3.05, 3.63) is 29.0 Å². The summed E-state index contributed by atoms with van der Waals surface area (Å²) in [6.07, 6.45) is 9.06. The lowest BCUT2D eigenvalue weighted by Crippen LogP contribution is -2.09. The summed E-state index contributed by atoms with van der Waals surface area (Å²) in [5.74, 6) is 0.968. The van der Waals surface area contributed by atoms with Gasteiger partial charge in [-0.1, -0.05) is 13.3 Å². The summed E-state index contributed by atoms with van der Waals surface area (Å²) in [4.78, 5) is 8.61. The molecule has 5 heteroatoms. The Kier molecular flexibility index (Phi) is 4.55. The van der Waals surface area contributed by atoms with Crippen LogP contribution in [0.3, 0.4) is 0 Å². The van der Waals surface area contributed by atoms with E-state index in [4.69, 9.17) is 0 Å². The number of nitrogens with zero attached hydrogens (tertiary/aromatic N) is 3. The molecule has 0 amide bonds. The van der Waals surface area contributed by atoms with Crippen LogP contribution in [-0.2, 0) is 13.0 Å². The average Bonchev–Trinajstić information content (AvgIpc) is 2.97. The van der Waals surface area contributed by atoms with Crippen molar-refractivity contribution in [1.82, 2.24) is 14.5 Å². The van der Waals surface area contributed by atoms with Gasteiger partial charge in [0.25, 0.3) is 0 Å². The number of unbranched alkanes of at least 4 members (excludes halogenated alkanes) is 1. The van der Waals surface area contributed by atoms with Crippen molar-refractivity contribution in [2.45, 2.75) is 32.7 Å². The number of hydrogen-bond donors (Lipinski definition) is 1. The lowest BCUT2D eigenvalue weighted by atomic mass is 10.3. The van der Waals surface area contributed by atoms with E-state index in [0.717, 1.165) is 25.5 Å². The summed E-state index contributed by atoms with van der Waals surface area (Å²) >= 11 is 1.71. The van der Waals surface area contributed by atoms with Gasteiger partial charge in [-0.15, -0.1) is 11.3 Å². The van der Waals surface area contributed by atoms with Crippen LogP contribution >= 0.6 is 11.3 Å². The minimum Gasteiger partial charge on any atom is -0.356 e. The van der Waals surface area contributed by atoms with Crippen molar-refractivity contribution in [2.75, 3.05) is 11.9 Å². The van der Waals surface area contributed by atoms with Crippen molar-refractivity contribution >= 4 is 17.3 Å². The van der Waals surface area contributed by atoms with Gasteiger partial charge in [-0.2, -0.15) is 0 Å². The summed E-state index contributed by atoms with van der Waals surface area (Å²) in [6.45, 7) is 4.11. The molecule has 0 aliphatic heterocycles. The van der Waals surface area contributed by atoms with E-state index < -0.39 is 0 Å². The van der Waals surface area contributed by atoms with Crippen LogP contribution in [0, 0.1) is 0 Å². The van der Waals surface area contributed by atoms with Gasteiger partial charge in [-0.25, -0.2) is 9.97 Å². The number of aryl methyl sites for hydroxylation is 2. The first-order valence-corrected chi connectivity index (χ1v) is 6.91. The van der Waals surface area contributed by atoms with E-state index in [1.165, 1.54) is 17.8 Å². The maximum Gasteiger partial charge on any atom is 0.202 e. The maximum absolute atomic E-state index is 4.32. The third-order valence-corrected chi connectivity index (χ3v) is 3.42. The molecule has 2 rings (SSSR count). The summed E-state index contributed by atoms with van der Waals surface area (Å²) in [6, 6.07) is 0. The normalized spacial score (nSPS) is 10.6. The summed E-state index contributed by atoms with van der Waals surface area (Å²) in [5.41, 5.74) is 0. The molecule has 0 fully saturated rings. The molecule has 0 aliphatic carbocycles. The molecule has 0 atom stereocenters. The van der Waals surface area contributed by atoms with Gasteiger partial charge < -0.3 is 9.88 Å². The van der Waals surface area contributed by atoms with E-state index in [0.29, 0.717) is 0 Å². The van der Waals surface area contributed by atoms with Crippen molar-refractivity contribution in [3.63, 3.8) is 0 Å². The molecule has 17 heavy (non-hydrogen) atoms. The first kappa shape index (κ1) is 12.1. The van der Waals surface area contributed by atoms with Crippen molar-refractivity contribution in [1.29, 1.82) is 0 Å². The monoisotopic (exact) mass is 250 g/mol. The molecule has 0 aliphatic rings. The van der Waals surface area contributed by atoms with E-state index in [9.17, 15) is 0 Å². The molecule has 0 radical (unpaired) electrons. The van der Waals surface area contributed by atoms with Crippen LogP contribution in [0.2, 0.25) is 0 Å². The zero-order valence-corrected chi connectivity index (χ0v) is 10.9. The summed E-state index contributed by atoms with van der Waals surface area (Å²) < 4.78 is 2.15. The highest BCUT2D eigenvalue weighted by Crippen LogP contribution is 2.09. The first-order valence-electron chi connectivity index (χ1n) is 6.03. The third-order valence-electron chi connectivity index (χ3n) is 2.58. The maximum atomic E-state index is 4.32. The third kappa shape index (κ3) is 3.56. The Hall–Kier alpha value is -1.36. The molecule has 1 N–H and O–H groups in total. The van der Waals surface area contributed by atoms with E-state index >= 15 is 0 Å². The predicted molar refractivity (Wildman–Crippen MR) is 71.4 cm³/mol. The minimum atomic E-state index is 0.933. The lowest BCUT2D eigenvalue weighted by molar-refractivity contribution is 0.693. The van der Waals surface area contributed by atoms with E-state index in [1.54, 1.807) is 11.3 Å². The second-order valence-electron chi connectivity index (χ2n) is 3.90. The van der Waals surface area contributed by atoms with Gasteiger partial charge in [0, 0.05) is 43.5 Å².